The van der Waals surface area contributed by atoms with Crippen LogP contribution in [0.25, 0.3) is 0 Å². The summed E-state index contributed by atoms with van der Waals surface area (Å²) < 4.78 is 5.51. The summed E-state index contributed by atoms with van der Waals surface area (Å²) in [5.41, 5.74) is 0. The molecule has 0 aromatic heterocycles. The van der Waals surface area contributed by atoms with Gasteiger partial charge in [0.25, 0.3) is 0 Å². The molecule has 0 N–H and O–H groups in total. The second kappa shape index (κ2) is 6.50. The Bertz CT molecular complexity index is 379. The molecular weight excluding hydrogens is 238 g/mol. The summed E-state index contributed by atoms with van der Waals surface area (Å²) >= 11 is 5.83. The van der Waals surface area contributed by atoms with Gasteiger partial charge in [0, 0.05) is 18.0 Å². The van der Waals surface area contributed by atoms with E-state index in [1.54, 1.807) is 24.1 Å². The van der Waals surface area contributed by atoms with E-state index in [1.165, 1.54) is 0 Å². The molecule has 0 atom stereocenters. The van der Waals surface area contributed by atoms with Crippen LogP contribution in [-0.4, -0.2) is 31.0 Å². The highest BCUT2D eigenvalue weighted by Crippen LogP contribution is 2.16. The van der Waals surface area contributed by atoms with Gasteiger partial charge < -0.3 is 9.64 Å². The number of halogens is 1. The van der Waals surface area contributed by atoms with Crippen molar-refractivity contribution in [3.8, 4) is 5.75 Å². The molecule has 1 rings (SSSR count). The van der Waals surface area contributed by atoms with E-state index in [-0.39, 0.29) is 11.8 Å². The van der Waals surface area contributed by atoms with E-state index >= 15 is 0 Å². The van der Waals surface area contributed by atoms with Crippen molar-refractivity contribution >= 4 is 17.5 Å². The number of rotatable bonds is 5. The molecule has 0 spiro atoms. The first-order valence-corrected chi connectivity index (χ1v) is 6.02. The number of nitrogens with zero attached hydrogens (tertiary/aromatic N) is 1. The van der Waals surface area contributed by atoms with Crippen LogP contribution in [0.5, 0.6) is 5.75 Å². The summed E-state index contributed by atoms with van der Waals surface area (Å²) in [6.07, 6.45) is 0. The van der Waals surface area contributed by atoms with Crippen molar-refractivity contribution in [2.75, 3.05) is 20.2 Å². The SMILES string of the molecule is CC(C)C(=O)N(C)CCOc1cccc(Cl)c1. The van der Waals surface area contributed by atoms with Crippen LogP contribution in [0.4, 0.5) is 0 Å². The number of amides is 1. The molecule has 17 heavy (non-hydrogen) atoms. The number of benzene rings is 1. The van der Waals surface area contributed by atoms with Crippen LogP contribution in [0.1, 0.15) is 13.8 Å². The summed E-state index contributed by atoms with van der Waals surface area (Å²) in [6.45, 7) is 4.81. The van der Waals surface area contributed by atoms with Crippen LogP contribution < -0.4 is 4.74 Å². The van der Waals surface area contributed by atoms with Gasteiger partial charge in [0.15, 0.2) is 0 Å². The minimum absolute atomic E-state index is 0.0196. The minimum Gasteiger partial charge on any atom is -0.492 e. The van der Waals surface area contributed by atoms with Gasteiger partial charge in [-0.15, -0.1) is 0 Å². The third kappa shape index (κ3) is 4.65. The molecule has 0 aliphatic heterocycles. The molecule has 4 heteroatoms. The maximum absolute atomic E-state index is 11.6. The van der Waals surface area contributed by atoms with Crippen molar-refractivity contribution in [3.63, 3.8) is 0 Å². The third-order valence-electron chi connectivity index (χ3n) is 2.36. The third-order valence-corrected chi connectivity index (χ3v) is 2.60. The summed E-state index contributed by atoms with van der Waals surface area (Å²) in [5.74, 6) is 0.869. The van der Waals surface area contributed by atoms with E-state index in [0.29, 0.717) is 18.2 Å². The Kier molecular flexibility index (Phi) is 5.29. The summed E-state index contributed by atoms with van der Waals surface area (Å²) in [4.78, 5) is 13.3. The minimum atomic E-state index is 0.0196. The van der Waals surface area contributed by atoms with Crippen LogP contribution in [0.2, 0.25) is 5.02 Å². The van der Waals surface area contributed by atoms with Crippen LogP contribution in [0.3, 0.4) is 0 Å². The van der Waals surface area contributed by atoms with Gasteiger partial charge in [0.1, 0.15) is 12.4 Å². The van der Waals surface area contributed by atoms with Crippen molar-refractivity contribution in [2.24, 2.45) is 5.92 Å². The van der Waals surface area contributed by atoms with E-state index in [2.05, 4.69) is 0 Å². The highest BCUT2D eigenvalue weighted by atomic mass is 35.5. The quantitative estimate of drug-likeness (QED) is 0.810. The highest BCUT2D eigenvalue weighted by Gasteiger charge is 2.12. The largest absolute Gasteiger partial charge is 0.492 e. The van der Waals surface area contributed by atoms with Gasteiger partial charge in [-0.1, -0.05) is 31.5 Å². The summed E-state index contributed by atoms with van der Waals surface area (Å²) in [7, 11) is 1.78. The first kappa shape index (κ1) is 13.8. The number of hydrogen-bond donors (Lipinski definition) is 0. The smallest absolute Gasteiger partial charge is 0.224 e. The lowest BCUT2D eigenvalue weighted by Gasteiger charge is -2.19. The molecular formula is C13H18ClNO2. The lowest BCUT2D eigenvalue weighted by atomic mass is 10.2. The second-order valence-corrected chi connectivity index (χ2v) is 4.66. The molecule has 0 aliphatic carbocycles. The Morgan fingerprint density at radius 2 is 2.18 bits per heavy atom. The first-order chi connectivity index (χ1) is 8.00. The number of hydrogen-bond acceptors (Lipinski definition) is 2. The molecule has 3 nitrogen and oxygen atoms in total. The molecule has 0 unspecified atom stereocenters. The van der Waals surface area contributed by atoms with E-state index in [1.807, 2.05) is 26.0 Å². The Balaban J connectivity index is 2.35. The van der Waals surface area contributed by atoms with Gasteiger partial charge in [-0.2, -0.15) is 0 Å². The maximum atomic E-state index is 11.6. The molecule has 0 bridgehead atoms. The number of likely N-dealkylation sites (N-methyl/N-ethyl adjacent to an activating group) is 1. The van der Waals surface area contributed by atoms with Crippen LogP contribution in [0, 0.1) is 5.92 Å². The fraction of sp³-hybridized carbons (Fsp3) is 0.462. The number of ether oxygens (including phenoxy) is 1. The molecule has 0 saturated heterocycles. The van der Waals surface area contributed by atoms with E-state index in [0.717, 1.165) is 5.75 Å². The zero-order valence-electron chi connectivity index (χ0n) is 10.4. The molecule has 94 valence electrons. The van der Waals surface area contributed by atoms with Crippen LogP contribution in [-0.2, 0) is 4.79 Å². The second-order valence-electron chi connectivity index (χ2n) is 4.22. The van der Waals surface area contributed by atoms with Gasteiger partial charge in [0.05, 0.1) is 6.54 Å². The fourth-order valence-corrected chi connectivity index (χ4v) is 1.59. The first-order valence-electron chi connectivity index (χ1n) is 5.64. The molecule has 1 amide bonds. The van der Waals surface area contributed by atoms with E-state index in [4.69, 9.17) is 16.3 Å². The van der Waals surface area contributed by atoms with Crippen molar-refractivity contribution in [1.29, 1.82) is 0 Å². The molecule has 1 aromatic carbocycles. The predicted molar refractivity (Wildman–Crippen MR) is 69.4 cm³/mol. The standard InChI is InChI=1S/C13H18ClNO2/c1-10(2)13(16)15(3)7-8-17-12-6-4-5-11(14)9-12/h4-6,9-10H,7-8H2,1-3H3. The fourth-order valence-electron chi connectivity index (χ4n) is 1.41. The van der Waals surface area contributed by atoms with Crippen molar-refractivity contribution < 1.29 is 9.53 Å². The van der Waals surface area contributed by atoms with Gasteiger partial charge in [-0.3, -0.25) is 4.79 Å². The van der Waals surface area contributed by atoms with E-state index in [9.17, 15) is 4.79 Å². The number of carbonyl (C=O) groups excluding carboxylic acids is 1. The van der Waals surface area contributed by atoms with Crippen molar-refractivity contribution in [3.05, 3.63) is 29.3 Å². The lowest BCUT2D eigenvalue weighted by molar-refractivity contribution is -0.133. The zero-order valence-corrected chi connectivity index (χ0v) is 11.2. The van der Waals surface area contributed by atoms with Crippen LogP contribution >= 0.6 is 11.6 Å². The average Bonchev–Trinajstić information content (AvgIpc) is 2.27. The van der Waals surface area contributed by atoms with Crippen LogP contribution in [0.15, 0.2) is 24.3 Å². The Morgan fingerprint density at radius 1 is 1.47 bits per heavy atom. The summed E-state index contributed by atoms with van der Waals surface area (Å²) in [6, 6.07) is 7.23. The normalized spacial score (nSPS) is 10.4. The lowest BCUT2D eigenvalue weighted by Crippen LogP contribution is -2.33. The topological polar surface area (TPSA) is 29.5 Å². The number of carbonyl (C=O) groups is 1. The molecule has 0 fully saturated rings. The Hall–Kier alpha value is -1.22. The van der Waals surface area contributed by atoms with Crippen molar-refractivity contribution in [1.82, 2.24) is 4.90 Å². The van der Waals surface area contributed by atoms with E-state index < -0.39 is 0 Å². The van der Waals surface area contributed by atoms with Crippen molar-refractivity contribution in [2.45, 2.75) is 13.8 Å². The monoisotopic (exact) mass is 255 g/mol. The molecule has 0 aliphatic rings. The van der Waals surface area contributed by atoms with Gasteiger partial charge >= 0.3 is 0 Å². The average molecular weight is 256 g/mol. The van der Waals surface area contributed by atoms with Gasteiger partial charge in [-0.25, -0.2) is 0 Å². The highest BCUT2D eigenvalue weighted by molar-refractivity contribution is 6.30. The van der Waals surface area contributed by atoms with Gasteiger partial charge in [-0.05, 0) is 18.2 Å². The molecule has 1 aromatic rings. The molecule has 0 saturated carbocycles. The maximum Gasteiger partial charge on any atom is 0.224 e. The Labute approximate surface area is 107 Å². The Morgan fingerprint density at radius 3 is 2.76 bits per heavy atom. The predicted octanol–water partition coefficient (Wildman–Crippen LogP) is 2.83. The summed E-state index contributed by atoms with van der Waals surface area (Å²) in [5, 5.41) is 0.647. The molecule has 0 radical (unpaired) electrons. The zero-order chi connectivity index (χ0) is 12.8. The molecule has 0 heterocycles. The van der Waals surface area contributed by atoms with Gasteiger partial charge in [0.2, 0.25) is 5.91 Å².